The van der Waals surface area contributed by atoms with E-state index in [1.54, 1.807) is 0 Å². The lowest BCUT2D eigenvalue weighted by Gasteiger charge is -2.21. The molecule has 1 rings (SSSR count). The van der Waals surface area contributed by atoms with Gasteiger partial charge in [0, 0.05) is 18.3 Å². The van der Waals surface area contributed by atoms with Crippen LogP contribution in [0.25, 0.3) is 0 Å². The number of carboxylic acid groups (broad SMARTS) is 1. The smallest absolute Gasteiger partial charge is 0.326 e. The standard InChI is InChI=1S/C13H21N5O4S/c1-23-3-2-9(17-11(19)5-14)12(20)18-10(13(21)22)4-8-6-15-7-16-8/h6-7,9-10H,2-5,14H2,1H3,(H,15,16)(H,17,19)(H,18,20)(H,21,22)/t9-,10-/m0/s1. The van der Waals surface area contributed by atoms with E-state index in [1.807, 2.05) is 6.26 Å². The van der Waals surface area contributed by atoms with E-state index in [0.29, 0.717) is 17.9 Å². The minimum atomic E-state index is -1.17. The Labute approximate surface area is 137 Å². The van der Waals surface area contributed by atoms with Crippen LogP contribution in [-0.4, -0.2) is 63.5 Å². The number of carbonyl (C=O) groups is 3. The van der Waals surface area contributed by atoms with E-state index >= 15 is 0 Å². The van der Waals surface area contributed by atoms with E-state index in [1.165, 1.54) is 24.3 Å². The summed E-state index contributed by atoms with van der Waals surface area (Å²) >= 11 is 1.52. The molecule has 0 aromatic carbocycles. The number of aliphatic carboxylic acids is 1. The maximum atomic E-state index is 12.3. The second-order valence-corrected chi connectivity index (χ2v) is 5.77. The number of amides is 2. The predicted octanol–water partition coefficient (Wildman–Crippen LogP) is -1.28. The van der Waals surface area contributed by atoms with Crippen LogP contribution in [0.5, 0.6) is 0 Å². The topological polar surface area (TPSA) is 150 Å². The summed E-state index contributed by atoms with van der Waals surface area (Å²) in [6.45, 7) is -0.237. The lowest BCUT2D eigenvalue weighted by molar-refractivity contribution is -0.142. The molecule has 6 N–H and O–H groups in total. The normalized spacial score (nSPS) is 13.1. The van der Waals surface area contributed by atoms with Gasteiger partial charge in [0.15, 0.2) is 0 Å². The second kappa shape index (κ2) is 9.85. The first-order chi connectivity index (χ1) is 11.0. The maximum Gasteiger partial charge on any atom is 0.326 e. The summed E-state index contributed by atoms with van der Waals surface area (Å²) in [6.07, 6.45) is 5.25. The Kier molecular flexibility index (Phi) is 8.13. The third kappa shape index (κ3) is 6.70. The number of nitrogens with zero attached hydrogens (tertiary/aromatic N) is 1. The molecule has 0 radical (unpaired) electrons. The summed E-state index contributed by atoms with van der Waals surface area (Å²) in [4.78, 5) is 41.6. The van der Waals surface area contributed by atoms with E-state index in [2.05, 4.69) is 20.6 Å². The number of H-pyrrole nitrogens is 1. The van der Waals surface area contributed by atoms with E-state index in [4.69, 9.17) is 5.73 Å². The third-order valence-corrected chi connectivity index (χ3v) is 3.69. The fourth-order valence-electron chi connectivity index (χ4n) is 1.85. The molecule has 0 spiro atoms. The van der Waals surface area contributed by atoms with Gasteiger partial charge in [0.05, 0.1) is 12.9 Å². The summed E-state index contributed by atoms with van der Waals surface area (Å²) in [5.41, 5.74) is 5.82. The number of aromatic nitrogens is 2. The Morgan fingerprint density at radius 2 is 2.13 bits per heavy atom. The number of rotatable bonds is 10. The number of carboxylic acids is 1. The molecular weight excluding hydrogens is 322 g/mol. The number of hydrogen-bond acceptors (Lipinski definition) is 6. The molecular formula is C13H21N5O4S. The van der Waals surface area contributed by atoms with Crippen molar-refractivity contribution < 1.29 is 19.5 Å². The number of thioether (sulfide) groups is 1. The van der Waals surface area contributed by atoms with Crippen LogP contribution in [0.15, 0.2) is 12.5 Å². The van der Waals surface area contributed by atoms with Crippen molar-refractivity contribution in [2.45, 2.75) is 24.9 Å². The van der Waals surface area contributed by atoms with Crippen molar-refractivity contribution >= 4 is 29.5 Å². The van der Waals surface area contributed by atoms with Crippen LogP contribution in [0.1, 0.15) is 12.1 Å². The first-order valence-corrected chi connectivity index (χ1v) is 8.36. The highest BCUT2D eigenvalue weighted by Gasteiger charge is 2.26. The molecule has 128 valence electrons. The Bertz CT molecular complexity index is 522. The van der Waals surface area contributed by atoms with Gasteiger partial charge >= 0.3 is 5.97 Å². The number of aromatic amines is 1. The first kappa shape index (κ1) is 19.0. The van der Waals surface area contributed by atoms with Crippen LogP contribution in [0.3, 0.4) is 0 Å². The fourth-order valence-corrected chi connectivity index (χ4v) is 2.32. The molecule has 1 aromatic rings. The summed E-state index contributed by atoms with van der Waals surface area (Å²) in [5, 5.41) is 14.2. The zero-order valence-electron chi connectivity index (χ0n) is 12.7. The number of imidazole rings is 1. The molecule has 2 atom stereocenters. The molecule has 0 unspecified atom stereocenters. The Balaban J connectivity index is 2.71. The summed E-state index contributed by atoms with van der Waals surface area (Å²) in [5.74, 6) is -1.54. The SMILES string of the molecule is CSCC[C@H](NC(=O)CN)C(=O)N[C@@H](Cc1cnc[nH]1)C(=O)O. The van der Waals surface area contributed by atoms with Gasteiger partial charge < -0.3 is 26.5 Å². The molecule has 0 saturated heterocycles. The minimum absolute atomic E-state index is 0.0706. The van der Waals surface area contributed by atoms with E-state index in [9.17, 15) is 19.5 Å². The van der Waals surface area contributed by atoms with Crippen LogP contribution < -0.4 is 16.4 Å². The van der Waals surface area contributed by atoms with E-state index < -0.39 is 29.9 Å². The first-order valence-electron chi connectivity index (χ1n) is 6.96. The van der Waals surface area contributed by atoms with Crippen molar-refractivity contribution in [1.82, 2.24) is 20.6 Å². The van der Waals surface area contributed by atoms with Crippen molar-refractivity contribution in [2.24, 2.45) is 5.73 Å². The monoisotopic (exact) mass is 343 g/mol. The zero-order chi connectivity index (χ0) is 17.2. The quantitative estimate of drug-likeness (QED) is 0.355. The largest absolute Gasteiger partial charge is 0.480 e. The van der Waals surface area contributed by atoms with Gasteiger partial charge in [0.1, 0.15) is 12.1 Å². The molecule has 23 heavy (non-hydrogen) atoms. The minimum Gasteiger partial charge on any atom is -0.480 e. The van der Waals surface area contributed by atoms with Gasteiger partial charge in [0.25, 0.3) is 0 Å². The Morgan fingerprint density at radius 3 is 2.65 bits per heavy atom. The van der Waals surface area contributed by atoms with Gasteiger partial charge in [-0.05, 0) is 18.4 Å². The van der Waals surface area contributed by atoms with Gasteiger partial charge in [-0.2, -0.15) is 11.8 Å². The molecule has 0 aliphatic rings. The summed E-state index contributed by atoms with van der Waals surface area (Å²) in [7, 11) is 0. The summed E-state index contributed by atoms with van der Waals surface area (Å²) in [6, 6.07) is -1.93. The molecule has 0 fully saturated rings. The van der Waals surface area contributed by atoms with Crippen LogP contribution in [0, 0.1) is 0 Å². The van der Waals surface area contributed by atoms with Crippen molar-refractivity contribution in [1.29, 1.82) is 0 Å². The highest BCUT2D eigenvalue weighted by Crippen LogP contribution is 2.04. The van der Waals surface area contributed by atoms with Crippen molar-refractivity contribution in [3.05, 3.63) is 18.2 Å². The van der Waals surface area contributed by atoms with Crippen molar-refractivity contribution in [3.63, 3.8) is 0 Å². The lowest BCUT2D eigenvalue weighted by Crippen LogP contribution is -2.53. The van der Waals surface area contributed by atoms with Crippen LogP contribution in [0.4, 0.5) is 0 Å². The van der Waals surface area contributed by atoms with E-state index in [-0.39, 0.29) is 13.0 Å². The number of carbonyl (C=O) groups excluding carboxylic acids is 2. The maximum absolute atomic E-state index is 12.3. The number of nitrogens with two attached hydrogens (primary N) is 1. The van der Waals surface area contributed by atoms with Gasteiger partial charge in [-0.25, -0.2) is 9.78 Å². The molecule has 0 bridgehead atoms. The molecule has 9 nitrogen and oxygen atoms in total. The lowest BCUT2D eigenvalue weighted by atomic mass is 10.1. The Morgan fingerprint density at radius 1 is 1.39 bits per heavy atom. The molecule has 0 aliphatic carbocycles. The molecule has 1 heterocycles. The number of hydrogen-bond donors (Lipinski definition) is 5. The highest BCUT2D eigenvalue weighted by atomic mass is 32.2. The highest BCUT2D eigenvalue weighted by molar-refractivity contribution is 7.98. The van der Waals surface area contributed by atoms with Crippen LogP contribution >= 0.6 is 11.8 Å². The van der Waals surface area contributed by atoms with Gasteiger partial charge in [-0.15, -0.1) is 0 Å². The predicted molar refractivity (Wildman–Crippen MR) is 85.8 cm³/mol. The van der Waals surface area contributed by atoms with Crippen molar-refractivity contribution in [3.8, 4) is 0 Å². The summed E-state index contributed by atoms with van der Waals surface area (Å²) < 4.78 is 0. The van der Waals surface area contributed by atoms with Gasteiger partial charge in [-0.1, -0.05) is 0 Å². The van der Waals surface area contributed by atoms with Crippen LogP contribution in [-0.2, 0) is 20.8 Å². The molecule has 0 aliphatic heterocycles. The molecule has 10 heteroatoms. The zero-order valence-corrected chi connectivity index (χ0v) is 13.6. The average molecular weight is 343 g/mol. The van der Waals surface area contributed by atoms with Gasteiger partial charge in [0.2, 0.25) is 11.8 Å². The molecule has 2 amide bonds. The van der Waals surface area contributed by atoms with E-state index in [0.717, 1.165) is 0 Å². The van der Waals surface area contributed by atoms with Gasteiger partial charge in [-0.3, -0.25) is 9.59 Å². The molecule has 1 aromatic heterocycles. The fraction of sp³-hybridized carbons (Fsp3) is 0.538. The van der Waals surface area contributed by atoms with Crippen molar-refractivity contribution in [2.75, 3.05) is 18.6 Å². The average Bonchev–Trinajstić information content (AvgIpc) is 3.03. The number of nitrogens with one attached hydrogen (secondary N) is 3. The molecule has 0 saturated carbocycles. The van der Waals surface area contributed by atoms with Crippen LogP contribution in [0.2, 0.25) is 0 Å². The Hall–Kier alpha value is -2.07. The third-order valence-electron chi connectivity index (χ3n) is 3.04. The second-order valence-electron chi connectivity index (χ2n) is 4.79.